The summed E-state index contributed by atoms with van der Waals surface area (Å²) >= 11 is 1.31. The van der Waals surface area contributed by atoms with Gasteiger partial charge in [0.05, 0.1) is 5.56 Å². The van der Waals surface area contributed by atoms with Crippen LogP contribution < -0.4 is 11.1 Å². The maximum Gasteiger partial charge on any atom is 0.251 e. The summed E-state index contributed by atoms with van der Waals surface area (Å²) in [5, 5.41) is 5.01. The Hall–Kier alpha value is -1.40. The zero-order chi connectivity index (χ0) is 14.3. The van der Waals surface area contributed by atoms with E-state index in [1.807, 2.05) is 7.05 Å². The molecule has 2 amide bonds. The summed E-state index contributed by atoms with van der Waals surface area (Å²) in [6.07, 6.45) is 2.69. The molecule has 0 unspecified atom stereocenters. The van der Waals surface area contributed by atoms with Crippen molar-refractivity contribution in [3.05, 3.63) is 17.0 Å². The van der Waals surface area contributed by atoms with Crippen LogP contribution in [0.5, 0.6) is 0 Å². The van der Waals surface area contributed by atoms with Gasteiger partial charge in [0.15, 0.2) is 0 Å². The molecule has 19 heavy (non-hydrogen) atoms. The van der Waals surface area contributed by atoms with Gasteiger partial charge in [-0.2, -0.15) is 0 Å². The van der Waals surface area contributed by atoms with E-state index in [9.17, 15) is 9.59 Å². The largest absolute Gasteiger partial charge is 0.366 e. The van der Waals surface area contributed by atoms with Gasteiger partial charge in [-0.1, -0.05) is 13.3 Å². The number of carbonyl (C=O) groups excluding carboxylic acids is 2. The number of thiophene rings is 1. The number of hydrogen-bond acceptors (Lipinski definition) is 4. The summed E-state index contributed by atoms with van der Waals surface area (Å²) in [6.45, 7) is 3.85. The first-order valence-electron chi connectivity index (χ1n) is 6.40. The number of anilines is 1. The van der Waals surface area contributed by atoms with Crippen LogP contribution in [0.3, 0.4) is 0 Å². The summed E-state index contributed by atoms with van der Waals surface area (Å²) < 4.78 is 0. The minimum Gasteiger partial charge on any atom is -0.366 e. The first-order chi connectivity index (χ1) is 9.04. The van der Waals surface area contributed by atoms with Crippen LogP contribution in [-0.2, 0) is 4.79 Å². The highest BCUT2D eigenvalue weighted by atomic mass is 32.1. The predicted octanol–water partition coefficient (Wildman–Crippen LogP) is 1.91. The average Bonchev–Trinajstić information content (AvgIpc) is 2.82. The maximum atomic E-state index is 11.8. The van der Waals surface area contributed by atoms with Crippen molar-refractivity contribution in [2.24, 2.45) is 5.73 Å². The Balaban J connectivity index is 2.39. The molecule has 0 saturated heterocycles. The van der Waals surface area contributed by atoms with Crippen LogP contribution in [-0.4, -0.2) is 36.9 Å². The normalized spacial score (nSPS) is 10.7. The van der Waals surface area contributed by atoms with Gasteiger partial charge in [-0.3, -0.25) is 9.59 Å². The third-order valence-electron chi connectivity index (χ3n) is 2.80. The van der Waals surface area contributed by atoms with Crippen LogP contribution >= 0.6 is 11.3 Å². The van der Waals surface area contributed by atoms with Crippen molar-refractivity contribution in [2.45, 2.75) is 26.2 Å². The van der Waals surface area contributed by atoms with E-state index in [1.165, 1.54) is 11.3 Å². The lowest BCUT2D eigenvalue weighted by Crippen LogP contribution is -2.25. The summed E-state index contributed by atoms with van der Waals surface area (Å²) in [6, 6.07) is 1.62. The van der Waals surface area contributed by atoms with Crippen molar-refractivity contribution in [1.82, 2.24) is 4.90 Å². The topological polar surface area (TPSA) is 75.4 Å². The zero-order valence-corrected chi connectivity index (χ0v) is 12.3. The van der Waals surface area contributed by atoms with E-state index < -0.39 is 5.91 Å². The van der Waals surface area contributed by atoms with Crippen LogP contribution in [0, 0.1) is 0 Å². The lowest BCUT2D eigenvalue weighted by atomic mass is 10.3. The van der Waals surface area contributed by atoms with E-state index in [2.05, 4.69) is 17.1 Å². The van der Waals surface area contributed by atoms with Crippen LogP contribution in [0.4, 0.5) is 5.00 Å². The molecule has 6 heteroatoms. The third-order valence-corrected chi connectivity index (χ3v) is 3.63. The number of rotatable bonds is 8. The summed E-state index contributed by atoms with van der Waals surface area (Å²) in [5.74, 6) is -0.607. The molecule has 0 aliphatic heterocycles. The molecule has 1 heterocycles. The molecule has 0 fully saturated rings. The van der Waals surface area contributed by atoms with E-state index in [0.717, 1.165) is 19.4 Å². The Labute approximate surface area is 117 Å². The Morgan fingerprint density at radius 3 is 2.79 bits per heavy atom. The van der Waals surface area contributed by atoms with Crippen LogP contribution in [0.2, 0.25) is 0 Å². The molecule has 0 saturated carbocycles. The molecule has 0 bridgehead atoms. The van der Waals surface area contributed by atoms with E-state index in [4.69, 9.17) is 5.73 Å². The van der Waals surface area contributed by atoms with Gasteiger partial charge in [0.25, 0.3) is 5.91 Å². The van der Waals surface area contributed by atoms with Crippen LogP contribution in [0.15, 0.2) is 11.4 Å². The lowest BCUT2D eigenvalue weighted by Gasteiger charge is -2.15. The molecule has 3 N–H and O–H groups in total. The molecular weight excluding hydrogens is 262 g/mol. The molecule has 0 aliphatic rings. The second-order valence-electron chi connectivity index (χ2n) is 4.48. The molecule has 0 aliphatic carbocycles. The van der Waals surface area contributed by atoms with Crippen molar-refractivity contribution in [3.8, 4) is 0 Å². The summed E-state index contributed by atoms with van der Waals surface area (Å²) in [5.41, 5.74) is 5.59. The highest BCUT2D eigenvalue weighted by Crippen LogP contribution is 2.22. The number of primary amides is 1. The highest BCUT2D eigenvalue weighted by molar-refractivity contribution is 7.14. The van der Waals surface area contributed by atoms with Crippen LogP contribution in [0.25, 0.3) is 0 Å². The SMILES string of the molecule is CCCCN(C)CCC(=O)Nc1sccc1C(N)=O. The monoisotopic (exact) mass is 283 g/mol. The molecule has 0 radical (unpaired) electrons. The van der Waals surface area contributed by atoms with Gasteiger partial charge in [-0.15, -0.1) is 11.3 Å². The highest BCUT2D eigenvalue weighted by Gasteiger charge is 2.12. The second kappa shape index (κ2) is 7.91. The van der Waals surface area contributed by atoms with Crippen LogP contribution in [0.1, 0.15) is 36.5 Å². The number of carbonyl (C=O) groups is 2. The van der Waals surface area contributed by atoms with Crippen molar-refractivity contribution in [1.29, 1.82) is 0 Å². The Kier molecular flexibility index (Phi) is 6.52. The van der Waals surface area contributed by atoms with E-state index >= 15 is 0 Å². The number of nitrogens with zero attached hydrogens (tertiary/aromatic N) is 1. The molecular formula is C13H21N3O2S. The molecule has 0 atom stereocenters. The Morgan fingerprint density at radius 2 is 2.16 bits per heavy atom. The van der Waals surface area contributed by atoms with Crippen molar-refractivity contribution in [2.75, 3.05) is 25.5 Å². The Bertz CT molecular complexity index is 431. The van der Waals surface area contributed by atoms with Gasteiger partial charge >= 0.3 is 0 Å². The number of amides is 2. The third kappa shape index (κ3) is 5.40. The number of unbranched alkanes of at least 4 members (excludes halogenated alkanes) is 1. The first kappa shape index (κ1) is 15.7. The average molecular weight is 283 g/mol. The standard InChI is InChI=1S/C13H21N3O2S/c1-3-4-7-16(2)8-5-11(17)15-13-10(12(14)18)6-9-19-13/h6,9H,3-5,7-8H2,1-2H3,(H2,14,18)(H,15,17). The number of nitrogens with one attached hydrogen (secondary N) is 1. The van der Waals surface area contributed by atoms with Crippen molar-refractivity contribution < 1.29 is 9.59 Å². The molecule has 0 spiro atoms. The van der Waals surface area contributed by atoms with Gasteiger partial charge in [0, 0.05) is 13.0 Å². The van der Waals surface area contributed by atoms with Gasteiger partial charge < -0.3 is 16.0 Å². The lowest BCUT2D eigenvalue weighted by molar-refractivity contribution is -0.116. The first-order valence-corrected chi connectivity index (χ1v) is 7.28. The summed E-state index contributed by atoms with van der Waals surface area (Å²) in [4.78, 5) is 25.0. The molecule has 0 aromatic carbocycles. The predicted molar refractivity (Wildman–Crippen MR) is 78.5 cm³/mol. The fourth-order valence-corrected chi connectivity index (χ4v) is 2.43. The number of nitrogens with two attached hydrogens (primary N) is 1. The maximum absolute atomic E-state index is 11.8. The van der Waals surface area contributed by atoms with E-state index in [-0.39, 0.29) is 5.91 Å². The minimum atomic E-state index is -0.517. The molecule has 5 nitrogen and oxygen atoms in total. The van der Waals surface area contributed by atoms with E-state index in [0.29, 0.717) is 23.5 Å². The van der Waals surface area contributed by atoms with Crippen molar-refractivity contribution in [3.63, 3.8) is 0 Å². The fraction of sp³-hybridized carbons (Fsp3) is 0.538. The second-order valence-corrected chi connectivity index (χ2v) is 5.40. The van der Waals surface area contributed by atoms with Gasteiger partial charge in [-0.05, 0) is 31.5 Å². The molecule has 1 rings (SSSR count). The van der Waals surface area contributed by atoms with Crippen molar-refractivity contribution >= 4 is 28.2 Å². The van der Waals surface area contributed by atoms with Gasteiger partial charge in [-0.25, -0.2) is 0 Å². The fourth-order valence-electron chi connectivity index (χ4n) is 1.62. The quantitative estimate of drug-likeness (QED) is 0.765. The molecule has 1 aromatic rings. The smallest absolute Gasteiger partial charge is 0.251 e. The molecule has 106 valence electrons. The Morgan fingerprint density at radius 1 is 1.42 bits per heavy atom. The zero-order valence-electron chi connectivity index (χ0n) is 11.4. The minimum absolute atomic E-state index is 0.0895. The van der Waals surface area contributed by atoms with Gasteiger partial charge in [0.2, 0.25) is 5.91 Å². The van der Waals surface area contributed by atoms with E-state index in [1.54, 1.807) is 11.4 Å². The van der Waals surface area contributed by atoms with Gasteiger partial charge in [0.1, 0.15) is 5.00 Å². The number of hydrogen-bond donors (Lipinski definition) is 2. The molecule has 1 aromatic heterocycles. The summed E-state index contributed by atoms with van der Waals surface area (Å²) in [7, 11) is 2.00.